The fraction of sp³-hybridized carbons (Fsp3) is 0.143. The molecule has 0 saturated carbocycles. The largest absolute Gasteiger partial charge is 0.244 e. The molecule has 0 spiro atoms. The highest BCUT2D eigenvalue weighted by Crippen LogP contribution is 2.23. The SMILES string of the molecule is Cc1cnc(C#N)c(Br)c1I. The van der Waals surface area contributed by atoms with Crippen molar-refractivity contribution in [3.8, 4) is 6.07 Å². The van der Waals surface area contributed by atoms with Crippen LogP contribution in [0.5, 0.6) is 0 Å². The number of nitrogens with zero attached hydrogens (tertiary/aromatic N) is 2. The molecule has 0 fully saturated rings. The molecule has 0 aliphatic heterocycles. The molecule has 11 heavy (non-hydrogen) atoms. The molecule has 0 unspecified atom stereocenters. The molecule has 56 valence electrons. The highest BCUT2D eigenvalue weighted by molar-refractivity contribution is 14.1. The minimum absolute atomic E-state index is 0.444. The molecule has 2 nitrogen and oxygen atoms in total. The van der Waals surface area contributed by atoms with Gasteiger partial charge in [-0.05, 0) is 51.0 Å². The van der Waals surface area contributed by atoms with E-state index in [1.165, 1.54) is 0 Å². The van der Waals surface area contributed by atoms with Crippen LogP contribution in [0.1, 0.15) is 11.3 Å². The van der Waals surface area contributed by atoms with Gasteiger partial charge in [0, 0.05) is 9.77 Å². The summed E-state index contributed by atoms with van der Waals surface area (Å²) >= 11 is 5.48. The van der Waals surface area contributed by atoms with E-state index in [4.69, 9.17) is 5.26 Å². The zero-order valence-corrected chi connectivity index (χ0v) is 9.47. The summed E-state index contributed by atoms with van der Waals surface area (Å²) in [6.45, 7) is 1.96. The number of halogens is 2. The van der Waals surface area contributed by atoms with Crippen molar-refractivity contribution in [2.45, 2.75) is 6.92 Å². The van der Waals surface area contributed by atoms with Crippen molar-refractivity contribution < 1.29 is 0 Å². The summed E-state index contributed by atoms with van der Waals surface area (Å²) in [5.41, 5.74) is 1.52. The Morgan fingerprint density at radius 3 is 2.91 bits per heavy atom. The molecule has 1 aromatic heterocycles. The Kier molecular flexibility index (Phi) is 2.84. The molecule has 0 aliphatic rings. The van der Waals surface area contributed by atoms with Gasteiger partial charge < -0.3 is 0 Å². The quantitative estimate of drug-likeness (QED) is 0.688. The molecule has 4 heteroatoms. The average Bonchev–Trinajstić information content (AvgIpc) is 2.01. The van der Waals surface area contributed by atoms with Crippen LogP contribution in [-0.4, -0.2) is 4.98 Å². The van der Waals surface area contributed by atoms with Gasteiger partial charge >= 0.3 is 0 Å². The summed E-state index contributed by atoms with van der Waals surface area (Å²) in [5.74, 6) is 0. The third-order valence-electron chi connectivity index (χ3n) is 1.24. The van der Waals surface area contributed by atoms with Crippen LogP contribution >= 0.6 is 38.5 Å². The molecule has 0 aliphatic carbocycles. The van der Waals surface area contributed by atoms with Crippen LogP contribution in [0.2, 0.25) is 0 Å². The highest BCUT2D eigenvalue weighted by atomic mass is 127. The Morgan fingerprint density at radius 2 is 2.36 bits per heavy atom. The van der Waals surface area contributed by atoms with E-state index in [-0.39, 0.29) is 0 Å². The molecule has 0 bridgehead atoms. The van der Waals surface area contributed by atoms with Gasteiger partial charge in [-0.3, -0.25) is 0 Å². The number of hydrogen-bond acceptors (Lipinski definition) is 2. The van der Waals surface area contributed by atoms with Gasteiger partial charge in [0.15, 0.2) is 5.69 Å². The smallest absolute Gasteiger partial charge is 0.155 e. The Labute approximate surface area is 86.9 Å². The third-order valence-corrected chi connectivity index (χ3v) is 4.14. The summed E-state index contributed by atoms with van der Waals surface area (Å²) in [5, 5.41) is 8.59. The molecule has 0 aromatic carbocycles. The molecular formula is C7H4BrIN2. The molecule has 1 aromatic rings. The molecule has 1 heterocycles. The van der Waals surface area contributed by atoms with E-state index in [2.05, 4.69) is 43.5 Å². The monoisotopic (exact) mass is 322 g/mol. The van der Waals surface area contributed by atoms with E-state index in [9.17, 15) is 0 Å². The predicted molar refractivity (Wildman–Crippen MR) is 54.1 cm³/mol. The van der Waals surface area contributed by atoms with Crippen molar-refractivity contribution in [1.29, 1.82) is 5.26 Å². The molecule has 0 saturated heterocycles. The Hall–Kier alpha value is -0.150. The van der Waals surface area contributed by atoms with Crippen LogP contribution < -0.4 is 0 Å². The summed E-state index contributed by atoms with van der Waals surface area (Å²) in [6.07, 6.45) is 1.70. The lowest BCUT2D eigenvalue weighted by atomic mass is 10.3. The zero-order chi connectivity index (χ0) is 8.43. The van der Waals surface area contributed by atoms with Crippen molar-refractivity contribution in [2.75, 3.05) is 0 Å². The maximum atomic E-state index is 8.59. The minimum atomic E-state index is 0.444. The Morgan fingerprint density at radius 1 is 1.73 bits per heavy atom. The molecule has 0 radical (unpaired) electrons. The van der Waals surface area contributed by atoms with E-state index < -0.39 is 0 Å². The number of aryl methyl sites for hydroxylation is 1. The molecule has 1 rings (SSSR count). The predicted octanol–water partition coefficient (Wildman–Crippen LogP) is 2.63. The third kappa shape index (κ3) is 1.71. The van der Waals surface area contributed by atoms with Crippen molar-refractivity contribution >= 4 is 38.5 Å². The summed E-state index contributed by atoms with van der Waals surface area (Å²) in [7, 11) is 0. The number of rotatable bonds is 0. The van der Waals surface area contributed by atoms with Crippen molar-refractivity contribution in [2.24, 2.45) is 0 Å². The standard InChI is InChI=1S/C7H4BrIN2/c1-4-3-11-5(2-10)6(8)7(4)9/h3H,1H3. The van der Waals surface area contributed by atoms with E-state index in [1.54, 1.807) is 6.20 Å². The summed E-state index contributed by atoms with van der Waals surface area (Å²) < 4.78 is 1.84. The van der Waals surface area contributed by atoms with Crippen LogP contribution in [0.4, 0.5) is 0 Å². The van der Waals surface area contributed by atoms with Crippen LogP contribution in [0.15, 0.2) is 10.7 Å². The van der Waals surface area contributed by atoms with Gasteiger partial charge in [0.05, 0.1) is 4.47 Å². The lowest BCUT2D eigenvalue weighted by Crippen LogP contribution is -1.90. The van der Waals surface area contributed by atoms with Gasteiger partial charge in [-0.15, -0.1) is 0 Å². The maximum absolute atomic E-state index is 8.59. The van der Waals surface area contributed by atoms with Gasteiger partial charge in [0.2, 0.25) is 0 Å². The molecule has 0 atom stereocenters. The molecular weight excluding hydrogens is 319 g/mol. The molecule has 0 amide bonds. The fourth-order valence-corrected chi connectivity index (χ4v) is 1.53. The lowest BCUT2D eigenvalue weighted by molar-refractivity contribution is 1.19. The topological polar surface area (TPSA) is 36.7 Å². The van der Waals surface area contributed by atoms with Crippen molar-refractivity contribution in [3.63, 3.8) is 0 Å². The van der Waals surface area contributed by atoms with E-state index in [0.717, 1.165) is 13.6 Å². The number of aromatic nitrogens is 1. The van der Waals surface area contributed by atoms with Crippen LogP contribution in [-0.2, 0) is 0 Å². The summed E-state index contributed by atoms with van der Waals surface area (Å²) in [6, 6.07) is 2.00. The molecule has 0 N–H and O–H groups in total. The normalized spacial score (nSPS) is 9.27. The maximum Gasteiger partial charge on any atom is 0.155 e. The first kappa shape index (κ1) is 8.94. The van der Waals surface area contributed by atoms with Crippen LogP contribution in [0.3, 0.4) is 0 Å². The van der Waals surface area contributed by atoms with Crippen molar-refractivity contribution in [1.82, 2.24) is 4.98 Å². The lowest BCUT2D eigenvalue weighted by Gasteiger charge is -2.00. The Balaban J connectivity index is 3.40. The van der Waals surface area contributed by atoms with Gasteiger partial charge in [0.25, 0.3) is 0 Å². The second kappa shape index (κ2) is 3.50. The van der Waals surface area contributed by atoms with Crippen LogP contribution in [0, 0.1) is 21.8 Å². The second-order valence-corrected chi connectivity index (χ2v) is 3.90. The Bertz CT molecular complexity index is 330. The van der Waals surface area contributed by atoms with Crippen molar-refractivity contribution in [3.05, 3.63) is 25.5 Å². The van der Waals surface area contributed by atoms with Crippen LogP contribution in [0.25, 0.3) is 0 Å². The van der Waals surface area contributed by atoms with E-state index >= 15 is 0 Å². The van der Waals surface area contributed by atoms with Gasteiger partial charge in [-0.25, -0.2) is 4.98 Å². The average molecular weight is 323 g/mol. The fourth-order valence-electron chi connectivity index (χ4n) is 0.630. The first-order valence-corrected chi connectivity index (χ1v) is 4.74. The van der Waals surface area contributed by atoms with Gasteiger partial charge in [-0.1, -0.05) is 0 Å². The minimum Gasteiger partial charge on any atom is -0.244 e. The number of nitriles is 1. The number of hydrogen-bond donors (Lipinski definition) is 0. The summed E-state index contributed by atoms with van der Waals surface area (Å²) in [4.78, 5) is 3.94. The number of pyridine rings is 1. The van der Waals surface area contributed by atoms with Gasteiger partial charge in [-0.2, -0.15) is 5.26 Å². The van der Waals surface area contributed by atoms with Gasteiger partial charge in [0.1, 0.15) is 6.07 Å². The zero-order valence-electron chi connectivity index (χ0n) is 5.73. The van der Waals surface area contributed by atoms with E-state index in [0.29, 0.717) is 5.69 Å². The first-order valence-electron chi connectivity index (χ1n) is 2.87. The van der Waals surface area contributed by atoms with E-state index in [1.807, 2.05) is 13.0 Å². The second-order valence-electron chi connectivity index (χ2n) is 2.03. The highest BCUT2D eigenvalue weighted by Gasteiger charge is 2.06. The first-order chi connectivity index (χ1) is 5.16.